The second kappa shape index (κ2) is 10.5. The molecular weight excluding hydrogens is 322 g/mol. The van der Waals surface area contributed by atoms with Gasteiger partial charge in [-0.05, 0) is 38.0 Å². The summed E-state index contributed by atoms with van der Waals surface area (Å²) in [5.74, 6) is -0.880. The molecule has 0 N–H and O–H groups in total. The molecule has 1 atom stereocenters. The van der Waals surface area contributed by atoms with Gasteiger partial charge in [0.1, 0.15) is 29.4 Å². The van der Waals surface area contributed by atoms with E-state index in [1.165, 1.54) is 11.8 Å². The summed E-state index contributed by atoms with van der Waals surface area (Å²) >= 11 is 1.32. The van der Waals surface area contributed by atoms with E-state index in [2.05, 4.69) is 0 Å². The smallest absolute Gasteiger partial charge is 0.349 e. The van der Waals surface area contributed by atoms with Crippen LogP contribution in [-0.4, -0.2) is 18.8 Å². The average Bonchev–Trinajstić information content (AvgIpc) is 2.56. The van der Waals surface area contributed by atoms with Crippen LogP contribution in [0.5, 0.6) is 0 Å². The van der Waals surface area contributed by atoms with Crippen LogP contribution in [0.15, 0.2) is 21.6 Å². The SMILES string of the molecule is CCOC(=O)/C(C#N)=C(/SC)[C@@H]1CCCCCCC1=C(C#N)C#N. The fourth-order valence-corrected chi connectivity index (χ4v) is 3.82. The van der Waals surface area contributed by atoms with Gasteiger partial charge < -0.3 is 4.74 Å². The van der Waals surface area contributed by atoms with Crippen molar-refractivity contribution in [2.45, 2.75) is 45.4 Å². The van der Waals surface area contributed by atoms with Gasteiger partial charge in [0.25, 0.3) is 0 Å². The maximum atomic E-state index is 12.1. The largest absolute Gasteiger partial charge is 0.462 e. The highest BCUT2D eigenvalue weighted by Crippen LogP contribution is 2.40. The third kappa shape index (κ3) is 4.88. The maximum Gasteiger partial charge on any atom is 0.349 e. The van der Waals surface area contributed by atoms with Crippen LogP contribution >= 0.6 is 11.8 Å². The Kier molecular flexibility index (Phi) is 8.69. The number of rotatable bonds is 4. The molecule has 0 bridgehead atoms. The molecular formula is C18H21N3O2S. The molecule has 6 heteroatoms. The van der Waals surface area contributed by atoms with Gasteiger partial charge >= 0.3 is 5.97 Å². The topological polar surface area (TPSA) is 97.7 Å². The number of carbonyl (C=O) groups is 1. The summed E-state index contributed by atoms with van der Waals surface area (Å²) in [7, 11) is 0. The summed E-state index contributed by atoms with van der Waals surface area (Å²) in [6, 6.07) is 5.92. The van der Waals surface area contributed by atoms with Crippen LogP contribution in [0.1, 0.15) is 45.4 Å². The molecule has 0 amide bonds. The lowest BCUT2D eigenvalue weighted by molar-refractivity contribution is -0.138. The molecule has 0 saturated heterocycles. The molecule has 0 unspecified atom stereocenters. The summed E-state index contributed by atoms with van der Waals surface area (Å²) in [5, 5.41) is 28.0. The minimum absolute atomic E-state index is 0.0114. The molecule has 5 nitrogen and oxygen atoms in total. The first kappa shape index (κ1) is 19.8. The molecule has 1 saturated carbocycles. The number of hydrogen-bond donors (Lipinski definition) is 0. The van der Waals surface area contributed by atoms with Crippen molar-refractivity contribution < 1.29 is 9.53 Å². The Morgan fingerprint density at radius 1 is 1.17 bits per heavy atom. The summed E-state index contributed by atoms with van der Waals surface area (Å²) < 4.78 is 4.99. The van der Waals surface area contributed by atoms with E-state index in [9.17, 15) is 20.6 Å². The Bertz CT molecular complexity index is 643. The number of nitrogens with zero attached hydrogens (tertiary/aromatic N) is 3. The van der Waals surface area contributed by atoms with Crippen LogP contribution in [-0.2, 0) is 9.53 Å². The number of ether oxygens (including phenoxy) is 1. The third-order valence-electron chi connectivity index (χ3n) is 4.03. The second-order valence-electron chi connectivity index (χ2n) is 5.40. The van der Waals surface area contributed by atoms with Crippen molar-refractivity contribution >= 4 is 17.7 Å². The molecule has 0 heterocycles. The number of carbonyl (C=O) groups excluding carboxylic acids is 1. The summed E-state index contributed by atoms with van der Waals surface area (Å²) in [6.07, 6.45) is 7.14. The number of thioether (sulfide) groups is 1. The predicted molar refractivity (Wildman–Crippen MR) is 92.2 cm³/mol. The van der Waals surface area contributed by atoms with Crippen molar-refractivity contribution in [3.05, 3.63) is 21.6 Å². The van der Waals surface area contributed by atoms with Crippen molar-refractivity contribution in [2.75, 3.05) is 12.9 Å². The summed E-state index contributed by atoms with van der Waals surface area (Å²) in [5.41, 5.74) is 0.846. The van der Waals surface area contributed by atoms with Gasteiger partial charge in [-0.15, -0.1) is 11.8 Å². The highest BCUT2D eigenvalue weighted by atomic mass is 32.2. The Balaban J connectivity index is 3.49. The lowest BCUT2D eigenvalue weighted by Crippen LogP contribution is -2.16. The van der Waals surface area contributed by atoms with E-state index in [4.69, 9.17) is 4.74 Å². The van der Waals surface area contributed by atoms with Crippen LogP contribution in [0.25, 0.3) is 0 Å². The fourth-order valence-electron chi connectivity index (χ4n) is 2.95. The minimum atomic E-state index is -0.638. The first-order chi connectivity index (χ1) is 11.6. The molecule has 24 heavy (non-hydrogen) atoms. The Morgan fingerprint density at radius 2 is 1.83 bits per heavy atom. The van der Waals surface area contributed by atoms with E-state index in [-0.39, 0.29) is 23.7 Å². The molecule has 0 radical (unpaired) electrons. The van der Waals surface area contributed by atoms with Gasteiger partial charge in [-0.1, -0.05) is 19.3 Å². The first-order valence-electron chi connectivity index (χ1n) is 8.03. The molecule has 126 valence electrons. The van der Waals surface area contributed by atoms with Gasteiger partial charge in [0, 0.05) is 10.8 Å². The molecule has 0 aromatic carbocycles. The van der Waals surface area contributed by atoms with Crippen molar-refractivity contribution in [2.24, 2.45) is 5.92 Å². The zero-order valence-corrected chi connectivity index (χ0v) is 14.9. The van der Waals surface area contributed by atoms with Gasteiger partial charge in [-0.2, -0.15) is 15.8 Å². The highest BCUT2D eigenvalue weighted by molar-refractivity contribution is 8.02. The standard InChI is InChI=1S/C18H21N3O2S/c1-3-23-18(22)16(12-21)17(24-2)15-9-7-5-4-6-8-14(15)13(10-19)11-20/h15H,3-9H2,1-2H3/b17-16+/t15-/m1/s1. The Morgan fingerprint density at radius 3 is 2.38 bits per heavy atom. The van der Waals surface area contributed by atoms with Crippen molar-refractivity contribution in [3.63, 3.8) is 0 Å². The van der Waals surface area contributed by atoms with Gasteiger partial charge in [-0.25, -0.2) is 4.79 Å². The molecule has 0 aliphatic heterocycles. The highest BCUT2D eigenvalue weighted by Gasteiger charge is 2.28. The van der Waals surface area contributed by atoms with Crippen LogP contribution < -0.4 is 0 Å². The van der Waals surface area contributed by atoms with E-state index in [1.807, 2.05) is 18.2 Å². The van der Waals surface area contributed by atoms with Crippen molar-refractivity contribution in [1.82, 2.24) is 0 Å². The Labute approximate surface area is 147 Å². The van der Waals surface area contributed by atoms with E-state index in [1.54, 1.807) is 13.2 Å². The molecule has 0 aromatic heterocycles. The van der Waals surface area contributed by atoms with Gasteiger partial charge in [0.2, 0.25) is 0 Å². The third-order valence-corrected chi connectivity index (χ3v) is 4.96. The number of nitriles is 3. The lowest BCUT2D eigenvalue weighted by Gasteiger charge is -2.25. The quantitative estimate of drug-likeness (QED) is 0.434. The Hall–Kier alpha value is -2.23. The van der Waals surface area contributed by atoms with E-state index >= 15 is 0 Å². The molecule has 1 rings (SSSR count). The number of esters is 1. The first-order valence-corrected chi connectivity index (χ1v) is 9.25. The van der Waals surface area contributed by atoms with Gasteiger partial charge in [0.05, 0.1) is 6.61 Å². The van der Waals surface area contributed by atoms with Gasteiger partial charge in [-0.3, -0.25) is 0 Å². The average molecular weight is 343 g/mol. The summed E-state index contributed by atoms with van der Waals surface area (Å²) in [6.45, 7) is 1.89. The fraction of sp³-hybridized carbons (Fsp3) is 0.556. The van der Waals surface area contributed by atoms with E-state index in [0.29, 0.717) is 11.3 Å². The predicted octanol–water partition coefficient (Wildman–Crippen LogP) is 4.00. The monoisotopic (exact) mass is 343 g/mol. The maximum absolute atomic E-state index is 12.1. The zero-order valence-electron chi connectivity index (χ0n) is 14.1. The normalized spacial score (nSPS) is 18.8. The van der Waals surface area contributed by atoms with E-state index < -0.39 is 5.97 Å². The molecule has 1 aliphatic rings. The number of hydrogen-bond acceptors (Lipinski definition) is 6. The second-order valence-corrected chi connectivity index (χ2v) is 6.25. The van der Waals surface area contributed by atoms with Crippen LogP contribution in [0.3, 0.4) is 0 Å². The zero-order chi connectivity index (χ0) is 17.9. The van der Waals surface area contributed by atoms with Crippen LogP contribution in [0, 0.1) is 39.9 Å². The number of allylic oxidation sites excluding steroid dienone is 3. The van der Waals surface area contributed by atoms with Crippen molar-refractivity contribution in [3.8, 4) is 18.2 Å². The van der Waals surface area contributed by atoms with E-state index in [0.717, 1.165) is 37.7 Å². The lowest BCUT2D eigenvalue weighted by atomic mass is 9.82. The summed E-state index contributed by atoms with van der Waals surface area (Å²) in [4.78, 5) is 12.7. The van der Waals surface area contributed by atoms with Gasteiger partial charge in [0.15, 0.2) is 0 Å². The molecule has 0 aromatic rings. The molecule has 1 fully saturated rings. The van der Waals surface area contributed by atoms with Crippen LogP contribution in [0.2, 0.25) is 0 Å². The minimum Gasteiger partial charge on any atom is -0.462 e. The van der Waals surface area contributed by atoms with Crippen LogP contribution in [0.4, 0.5) is 0 Å². The molecule has 1 aliphatic carbocycles. The molecule has 0 spiro atoms. The van der Waals surface area contributed by atoms with Crippen molar-refractivity contribution in [1.29, 1.82) is 15.8 Å².